The molecule has 3 atom stereocenters. The van der Waals surface area contributed by atoms with E-state index in [-0.39, 0.29) is 23.4 Å². The normalized spacial score (nSPS) is 22.5. The summed E-state index contributed by atoms with van der Waals surface area (Å²) >= 11 is 2.23. The molecule has 0 amide bonds. The van der Waals surface area contributed by atoms with Crippen molar-refractivity contribution in [1.82, 2.24) is 0 Å². The van der Waals surface area contributed by atoms with E-state index in [0.29, 0.717) is 6.61 Å². The minimum absolute atomic E-state index is 0.00534. The summed E-state index contributed by atoms with van der Waals surface area (Å²) in [5.41, 5.74) is 1.05. The van der Waals surface area contributed by atoms with Crippen LogP contribution in [0.3, 0.4) is 0 Å². The summed E-state index contributed by atoms with van der Waals surface area (Å²) < 4.78 is 21.3. The zero-order valence-electron chi connectivity index (χ0n) is 19.8. The molecule has 2 aromatic rings. The zero-order chi connectivity index (χ0) is 23.4. The van der Waals surface area contributed by atoms with Gasteiger partial charge in [-0.2, -0.15) is 0 Å². The van der Waals surface area contributed by atoms with Crippen molar-refractivity contribution in [1.29, 1.82) is 0 Å². The molecule has 0 radical (unpaired) electrons. The first-order chi connectivity index (χ1) is 15.2. The molecule has 0 N–H and O–H groups in total. The molecule has 3 rings (SSSR count). The van der Waals surface area contributed by atoms with E-state index in [1.54, 1.807) is 0 Å². The van der Waals surface area contributed by atoms with E-state index in [4.69, 9.17) is 13.9 Å². The Hall–Kier alpha value is -1.41. The standard InChI is InChI=1S/C27H35IO3Si/c1-20(19-28)26-30-22(3)21(2)25(31-26)17-18-29-32(27(4,5)6,23-13-9-7-10-14-23)24-15-11-8-12-16-24/h7-16,19,21,25-26H,3,17-18H2,1-2,4-6H3/b20-19+/t21-,25-,26+/m1/s1. The van der Waals surface area contributed by atoms with Crippen molar-refractivity contribution < 1.29 is 13.9 Å². The Balaban J connectivity index is 1.89. The highest BCUT2D eigenvalue weighted by Gasteiger charge is 2.50. The van der Waals surface area contributed by atoms with Crippen LogP contribution in [0.2, 0.25) is 5.04 Å². The molecule has 0 saturated carbocycles. The number of halogens is 1. The van der Waals surface area contributed by atoms with Gasteiger partial charge in [-0.3, -0.25) is 0 Å². The molecular formula is C27H35IO3Si. The summed E-state index contributed by atoms with van der Waals surface area (Å²) in [5.74, 6) is 0.908. The second kappa shape index (κ2) is 10.7. The minimum atomic E-state index is -2.54. The highest BCUT2D eigenvalue weighted by atomic mass is 127. The van der Waals surface area contributed by atoms with Gasteiger partial charge in [-0.1, -0.05) is 118 Å². The van der Waals surface area contributed by atoms with Crippen LogP contribution in [0.15, 0.2) is 82.7 Å². The van der Waals surface area contributed by atoms with E-state index in [0.717, 1.165) is 17.8 Å². The molecule has 172 valence electrons. The van der Waals surface area contributed by atoms with E-state index in [9.17, 15) is 0 Å². The third-order valence-corrected chi connectivity index (χ3v) is 12.3. The van der Waals surface area contributed by atoms with Crippen LogP contribution < -0.4 is 10.4 Å². The number of hydrogen-bond acceptors (Lipinski definition) is 3. The molecule has 0 bridgehead atoms. The smallest absolute Gasteiger partial charge is 0.261 e. The van der Waals surface area contributed by atoms with Gasteiger partial charge in [-0.15, -0.1) is 0 Å². The average Bonchev–Trinajstić information content (AvgIpc) is 2.79. The fraction of sp³-hybridized carbons (Fsp3) is 0.407. The first kappa shape index (κ1) is 25.2. The van der Waals surface area contributed by atoms with Crippen LogP contribution in [-0.2, 0) is 13.9 Å². The molecule has 0 spiro atoms. The molecule has 1 saturated heterocycles. The number of rotatable bonds is 7. The maximum Gasteiger partial charge on any atom is 0.261 e. The summed E-state index contributed by atoms with van der Waals surface area (Å²) in [6.45, 7) is 15.8. The maximum atomic E-state index is 7.05. The molecule has 1 heterocycles. The predicted molar refractivity (Wildman–Crippen MR) is 144 cm³/mol. The van der Waals surface area contributed by atoms with Crippen LogP contribution in [0.5, 0.6) is 0 Å². The quantitative estimate of drug-likeness (QED) is 0.298. The SMILES string of the molecule is C=C1O[C@H](/C(C)=C/I)O[C@H](CCO[Si](c2ccccc2)(c2ccccc2)C(C)(C)C)[C@@H]1C. The van der Waals surface area contributed by atoms with E-state index in [2.05, 4.69) is 118 Å². The Bertz CT molecular complexity index is 881. The van der Waals surface area contributed by atoms with Gasteiger partial charge < -0.3 is 13.9 Å². The Morgan fingerprint density at radius 1 is 1.06 bits per heavy atom. The Labute approximate surface area is 208 Å². The lowest BCUT2D eigenvalue weighted by atomic mass is 9.99. The monoisotopic (exact) mass is 562 g/mol. The lowest BCUT2D eigenvalue weighted by molar-refractivity contribution is -0.185. The van der Waals surface area contributed by atoms with Crippen LogP contribution in [-0.4, -0.2) is 27.3 Å². The van der Waals surface area contributed by atoms with Crippen molar-refractivity contribution in [2.24, 2.45) is 5.92 Å². The molecule has 0 aliphatic carbocycles. The van der Waals surface area contributed by atoms with Crippen molar-refractivity contribution in [3.8, 4) is 0 Å². The Morgan fingerprint density at radius 2 is 1.59 bits per heavy atom. The predicted octanol–water partition coefficient (Wildman–Crippen LogP) is 6.18. The lowest BCUT2D eigenvalue weighted by Crippen LogP contribution is -2.66. The van der Waals surface area contributed by atoms with Crippen molar-refractivity contribution in [2.45, 2.75) is 58.5 Å². The van der Waals surface area contributed by atoms with Gasteiger partial charge in [0, 0.05) is 18.1 Å². The highest BCUT2D eigenvalue weighted by Crippen LogP contribution is 2.37. The summed E-state index contributed by atoms with van der Waals surface area (Å²) in [6.07, 6.45) is 0.429. The topological polar surface area (TPSA) is 27.7 Å². The van der Waals surface area contributed by atoms with Gasteiger partial charge in [0.05, 0.1) is 11.9 Å². The van der Waals surface area contributed by atoms with Gasteiger partial charge in [-0.25, -0.2) is 0 Å². The minimum Gasteiger partial charge on any atom is -0.466 e. The molecule has 1 aliphatic heterocycles. The fourth-order valence-corrected chi connectivity index (χ4v) is 9.29. The molecule has 32 heavy (non-hydrogen) atoms. The van der Waals surface area contributed by atoms with Gasteiger partial charge in [0.15, 0.2) is 0 Å². The van der Waals surface area contributed by atoms with Crippen LogP contribution in [0.25, 0.3) is 0 Å². The van der Waals surface area contributed by atoms with Crippen LogP contribution in [0.4, 0.5) is 0 Å². The fourth-order valence-electron chi connectivity index (χ4n) is 4.42. The Kier molecular flexibility index (Phi) is 8.41. The van der Waals surface area contributed by atoms with Gasteiger partial charge >= 0.3 is 0 Å². The van der Waals surface area contributed by atoms with E-state index in [1.165, 1.54) is 10.4 Å². The summed E-state index contributed by atoms with van der Waals surface area (Å²) in [5, 5.41) is 2.56. The molecule has 5 heteroatoms. The molecule has 1 fully saturated rings. The second-order valence-corrected chi connectivity index (χ2v) is 14.5. The van der Waals surface area contributed by atoms with Crippen LogP contribution in [0.1, 0.15) is 41.0 Å². The molecule has 3 nitrogen and oxygen atoms in total. The van der Waals surface area contributed by atoms with E-state index >= 15 is 0 Å². The van der Waals surface area contributed by atoms with Crippen molar-refractivity contribution in [3.63, 3.8) is 0 Å². The van der Waals surface area contributed by atoms with Crippen molar-refractivity contribution >= 4 is 41.3 Å². The van der Waals surface area contributed by atoms with Gasteiger partial charge in [0.25, 0.3) is 8.32 Å². The first-order valence-corrected chi connectivity index (χ1v) is 14.4. The molecule has 2 aromatic carbocycles. The van der Waals surface area contributed by atoms with Gasteiger partial charge in [0.1, 0.15) is 0 Å². The zero-order valence-corrected chi connectivity index (χ0v) is 23.0. The number of ether oxygens (including phenoxy) is 2. The lowest BCUT2D eigenvalue weighted by Gasteiger charge is -2.44. The molecule has 0 aromatic heterocycles. The third kappa shape index (κ3) is 5.22. The molecule has 1 aliphatic rings. The van der Waals surface area contributed by atoms with E-state index < -0.39 is 8.32 Å². The third-order valence-electron chi connectivity index (χ3n) is 6.30. The first-order valence-electron chi connectivity index (χ1n) is 11.2. The Morgan fingerprint density at radius 3 is 2.06 bits per heavy atom. The molecular weight excluding hydrogens is 527 g/mol. The maximum absolute atomic E-state index is 7.05. The summed E-state index contributed by atoms with van der Waals surface area (Å²) in [7, 11) is -2.54. The average molecular weight is 563 g/mol. The summed E-state index contributed by atoms with van der Waals surface area (Å²) in [4.78, 5) is 0. The van der Waals surface area contributed by atoms with E-state index in [1.807, 2.05) is 11.0 Å². The van der Waals surface area contributed by atoms with Crippen LogP contribution in [0, 0.1) is 5.92 Å². The van der Waals surface area contributed by atoms with Crippen LogP contribution >= 0.6 is 22.6 Å². The highest BCUT2D eigenvalue weighted by molar-refractivity contribution is 14.1. The number of hydrogen-bond donors (Lipinski definition) is 0. The largest absolute Gasteiger partial charge is 0.466 e. The van der Waals surface area contributed by atoms with Gasteiger partial charge in [0.2, 0.25) is 6.29 Å². The van der Waals surface area contributed by atoms with Crippen molar-refractivity contribution in [2.75, 3.05) is 6.61 Å². The van der Waals surface area contributed by atoms with Gasteiger partial charge in [-0.05, 0) is 32.8 Å². The van der Waals surface area contributed by atoms with Crippen molar-refractivity contribution in [3.05, 3.63) is 82.7 Å². The molecule has 0 unspecified atom stereocenters. The number of benzene rings is 2. The second-order valence-electron chi connectivity index (χ2n) is 9.53. The summed E-state index contributed by atoms with van der Waals surface area (Å²) in [6, 6.07) is 21.5.